The summed E-state index contributed by atoms with van der Waals surface area (Å²) < 4.78 is 6.51. The summed E-state index contributed by atoms with van der Waals surface area (Å²) in [6.07, 6.45) is 1.28. The van der Waals surface area contributed by atoms with Gasteiger partial charge in [-0.25, -0.2) is 9.69 Å². The molecule has 1 N–H and O–H groups in total. The van der Waals surface area contributed by atoms with Crippen LogP contribution in [-0.2, 0) is 9.59 Å². The molecule has 2 heterocycles. The smallest absolute Gasteiger partial charge is 0.335 e. The van der Waals surface area contributed by atoms with Crippen molar-refractivity contribution in [3.63, 3.8) is 0 Å². The summed E-state index contributed by atoms with van der Waals surface area (Å²) in [6.45, 7) is 0. The van der Waals surface area contributed by atoms with E-state index in [4.69, 9.17) is 27.6 Å². The first-order valence-electron chi connectivity index (χ1n) is 8.55. The maximum atomic E-state index is 12.9. The number of amides is 4. The molecular weight excluding hydrogens is 495 g/mol. The molecule has 0 saturated carbocycles. The standard InChI is InChI=1S/C21H11BrCl2N2O4/c22-12-1-3-15(4-2-12)26-20(28)17(19(27)25-21(26)29)10-16-5-6-18(30-16)11-7-13(23)9-14(24)8-11/h1-10H,(H,25,27,29)/b17-10-. The number of hydrogen-bond donors (Lipinski definition) is 1. The second-order valence-corrected chi connectivity index (χ2v) is 8.08. The van der Waals surface area contributed by atoms with Gasteiger partial charge in [0.1, 0.15) is 17.1 Å². The van der Waals surface area contributed by atoms with Crippen LogP contribution in [0.2, 0.25) is 10.0 Å². The molecule has 1 aliphatic heterocycles. The SMILES string of the molecule is O=C1NC(=O)N(c2ccc(Br)cc2)C(=O)/C1=C\c1ccc(-c2cc(Cl)cc(Cl)c2)o1. The molecule has 1 fully saturated rings. The van der Waals surface area contributed by atoms with Crippen LogP contribution in [0.5, 0.6) is 0 Å². The summed E-state index contributed by atoms with van der Waals surface area (Å²) in [4.78, 5) is 38.3. The highest BCUT2D eigenvalue weighted by molar-refractivity contribution is 9.10. The summed E-state index contributed by atoms with van der Waals surface area (Å²) in [5.41, 5.74) is 0.735. The lowest BCUT2D eigenvalue weighted by atomic mass is 10.1. The van der Waals surface area contributed by atoms with Crippen molar-refractivity contribution in [1.82, 2.24) is 5.32 Å². The summed E-state index contributed by atoms with van der Waals surface area (Å²) in [7, 11) is 0. The summed E-state index contributed by atoms with van der Waals surface area (Å²) in [5, 5.41) is 3.05. The zero-order valence-electron chi connectivity index (χ0n) is 15.0. The largest absolute Gasteiger partial charge is 0.457 e. The van der Waals surface area contributed by atoms with E-state index < -0.39 is 17.8 Å². The van der Waals surface area contributed by atoms with Crippen LogP contribution < -0.4 is 10.2 Å². The lowest BCUT2D eigenvalue weighted by Gasteiger charge is -2.26. The molecule has 150 valence electrons. The van der Waals surface area contributed by atoms with E-state index in [9.17, 15) is 14.4 Å². The van der Waals surface area contributed by atoms with E-state index in [0.717, 1.165) is 9.37 Å². The Kier molecular flexibility index (Phi) is 5.51. The number of urea groups is 1. The summed E-state index contributed by atoms with van der Waals surface area (Å²) in [6, 6.07) is 13.9. The van der Waals surface area contributed by atoms with E-state index in [1.54, 1.807) is 54.6 Å². The van der Waals surface area contributed by atoms with Gasteiger partial charge in [0.2, 0.25) is 0 Å². The normalized spacial score (nSPS) is 15.6. The molecule has 1 aliphatic rings. The van der Waals surface area contributed by atoms with Crippen LogP contribution in [0.3, 0.4) is 0 Å². The summed E-state index contributed by atoms with van der Waals surface area (Å²) in [5.74, 6) is -0.850. The molecular formula is C21H11BrCl2N2O4. The first kappa shape index (κ1) is 20.4. The van der Waals surface area contributed by atoms with Crippen LogP contribution in [-0.4, -0.2) is 17.8 Å². The van der Waals surface area contributed by atoms with Crippen LogP contribution in [0.15, 0.2) is 69.1 Å². The molecule has 0 spiro atoms. The lowest BCUT2D eigenvalue weighted by molar-refractivity contribution is -0.122. The minimum Gasteiger partial charge on any atom is -0.457 e. The molecule has 4 rings (SSSR count). The number of carbonyl (C=O) groups is 3. The van der Waals surface area contributed by atoms with Gasteiger partial charge in [-0.3, -0.25) is 14.9 Å². The van der Waals surface area contributed by atoms with Crippen molar-refractivity contribution in [2.45, 2.75) is 0 Å². The lowest BCUT2D eigenvalue weighted by Crippen LogP contribution is -2.54. The molecule has 30 heavy (non-hydrogen) atoms. The second kappa shape index (κ2) is 8.10. The number of nitrogens with zero attached hydrogens (tertiary/aromatic N) is 1. The van der Waals surface area contributed by atoms with Crippen LogP contribution in [0.1, 0.15) is 5.76 Å². The van der Waals surface area contributed by atoms with E-state index in [2.05, 4.69) is 21.2 Å². The van der Waals surface area contributed by atoms with Crippen LogP contribution >= 0.6 is 39.1 Å². The number of furan rings is 1. The van der Waals surface area contributed by atoms with Crippen molar-refractivity contribution < 1.29 is 18.8 Å². The molecule has 0 atom stereocenters. The maximum absolute atomic E-state index is 12.9. The fourth-order valence-electron chi connectivity index (χ4n) is 2.91. The van der Waals surface area contributed by atoms with Crippen molar-refractivity contribution >= 4 is 68.7 Å². The minimum atomic E-state index is -0.821. The van der Waals surface area contributed by atoms with Gasteiger partial charge >= 0.3 is 6.03 Å². The van der Waals surface area contributed by atoms with Crippen molar-refractivity contribution in [3.05, 3.63) is 80.4 Å². The van der Waals surface area contributed by atoms with E-state index in [1.165, 1.54) is 6.08 Å². The Morgan fingerprint density at radius 3 is 2.27 bits per heavy atom. The van der Waals surface area contributed by atoms with E-state index >= 15 is 0 Å². The van der Waals surface area contributed by atoms with Crippen molar-refractivity contribution in [2.75, 3.05) is 4.90 Å². The van der Waals surface area contributed by atoms with Crippen molar-refractivity contribution in [3.8, 4) is 11.3 Å². The number of halogens is 3. The van der Waals surface area contributed by atoms with Gasteiger partial charge in [-0.15, -0.1) is 0 Å². The predicted molar refractivity (Wildman–Crippen MR) is 117 cm³/mol. The average Bonchev–Trinajstić information content (AvgIpc) is 3.14. The predicted octanol–water partition coefficient (Wildman–Crippen LogP) is 5.68. The number of hydrogen-bond acceptors (Lipinski definition) is 4. The van der Waals surface area contributed by atoms with Gasteiger partial charge in [0, 0.05) is 20.1 Å². The Morgan fingerprint density at radius 1 is 0.933 bits per heavy atom. The molecule has 0 bridgehead atoms. The second-order valence-electron chi connectivity index (χ2n) is 6.29. The molecule has 1 aromatic heterocycles. The van der Waals surface area contributed by atoms with Crippen LogP contribution in [0, 0.1) is 0 Å². The molecule has 0 aliphatic carbocycles. The zero-order valence-corrected chi connectivity index (χ0v) is 18.1. The van der Waals surface area contributed by atoms with Gasteiger partial charge in [-0.2, -0.15) is 0 Å². The number of benzene rings is 2. The molecule has 2 aromatic carbocycles. The van der Waals surface area contributed by atoms with Gasteiger partial charge in [-0.1, -0.05) is 39.1 Å². The molecule has 3 aromatic rings. The quantitative estimate of drug-likeness (QED) is 0.366. The Hall–Kier alpha value is -2.87. The van der Waals surface area contributed by atoms with Gasteiger partial charge in [0.05, 0.1) is 5.69 Å². The number of nitrogens with one attached hydrogen (secondary N) is 1. The van der Waals surface area contributed by atoms with E-state index in [-0.39, 0.29) is 11.3 Å². The first-order valence-corrected chi connectivity index (χ1v) is 10.1. The van der Waals surface area contributed by atoms with Crippen molar-refractivity contribution in [2.24, 2.45) is 0 Å². The Labute approximate surface area is 189 Å². The van der Waals surface area contributed by atoms with Gasteiger partial charge in [-0.05, 0) is 60.7 Å². The third kappa shape index (κ3) is 4.05. The number of barbiturate groups is 1. The highest BCUT2D eigenvalue weighted by Crippen LogP contribution is 2.30. The molecule has 4 amide bonds. The third-order valence-electron chi connectivity index (χ3n) is 4.25. The monoisotopic (exact) mass is 504 g/mol. The highest BCUT2D eigenvalue weighted by atomic mass is 79.9. The number of anilines is 1. The molecule has 1 saturated heterocycles. The third-order valence-corrected chi connectivity index (χ3v) is 5.21. The average molecular weight is 506 g/mol. The maximum Gasteiger partial charge on any atom is 0.335 e. The van der Waals surface area contributed by atoms with E-state index in [0.29, 0.717) is 27.1 Å². The Bertz CT molecular complexity index is 1200. The van der Waals surface area contributed by atoms with Gasteiger partial charge < -0.3 is 4.42 Å². The molecule has 6 nitrogen and oxygen atoms in total. The van der Waals surface area contributed by atoms with Crippen LogP contribution in [0.4, 0.5) is 10.5 Å². The Morgan fingerprint density at radius 2 is 1.60 bits per heavy atom. The van der Waals surface area contributed by atoms with E-state index in [1.807, 2.05) is 0 Å². The summed E-state index contributed by atoms with van der Waals surface area (Å²) >= 11 is 15.3. The van der Waals surface area contributed by atoms with Crippen LogP contribution in [0.25, 0.3) is 17.4 Å². The van der Waals surface area contributed by atoms with Gasteiger partial charge in [0.15, 0.2) is 0 Å². The fourth-order valence-corrected chi connectivity index (χ4v) is 3.70. The molecule has 0 unspecified atom stereocenters. The van der Waals surface area contributed by atoms with Crippen molar-refractivity contribution in [1.29, 1.82) is 0 Å². The molecule has 9 heteroatoms. The molecule has 0 radical (unpaired) electrons. The highest BCUT2D eigenvalue weighted by Gasteiger charge is 2.37. The minimum absolute atomic E-state index is 0.234. The topological polar surface area (TPSA) is 79.6 Å². The van der Waals surface area contributed by atoms with Gasteiger partial charge in [0.25, 0.3) is 11.8 Å². The fraction of sp³-hybridized carbons (Fsp3) is 0. The first-order chi connectivity index (χ1) is 14.3. The zero-order chi connectivity index (χ0) is 21.4. The number of rotatable bonds is 3. The number of carbonyl (C=O) groups excluding carboxylic acids is 3. The number of imide groups is 2. The Balaban J connectivity index is 1.68.